The summed E-state index contributed by atoms with van der Waals surface area (Å²) in [5.41, 5.74) is 1.13. The van der Waals surface area contributed by atoms with E-state index >= 15 is 0 Å². The lowest BCUT2D eigenvalue weighted by Crippen LogP contribution is -1.97. The van der Waals surface area contributed by atoms with Crippen LogP contribution in [0.1, 0.15) is 0 Å². The van der Waals surface area contributed by atoms with Gasteiger partial charge in [0.2, 0.25) is 17.2 Å². The molecule has 5 rings (SSSR count). The zero-order valence-electron chi connectivity index (χ0n) is 14.5. The predicted octanol–water partition coefficient (Wildman–Crippen LogP) is 4.46. The number of aromatic nitrogens is 1. The SMILES string of the molecule is Oc1c(O)c(O)c(-n2c3ccccc3c3ccc4ccccc4c32)c(O)c1O. The molecule has 0 unspecified atom stereocenters. The maximum atomic E-state index is 10.5. The van der Waals surface area contributed by atoms with Crippen LogP contribution in [0.2, 0.25) is 0 Å². The largest absolute Gasteiger partial charge is 0.503 e. The van der Waals surface area contributed by atoms with Gasteiger partial charge in [0.05, 0.1) is 11.0 Å². The maximum Gasteiger partial charge on any atom is 0.208 e. The van der Waals surface area contributed by atoms with E-state index in [4.69, 9.17) is 0 Å². The van der Waals surface area contributed by atoms with E-state index in [1.807, 2.05) is 60.7 Å². The summed E-state index contributed by atoms with van der Waals surface area (Å²) in [7, 11) is 0. The van der Waals surface area contributed by atoms with Crippen molar-refractivity contribution < 1.29 is 25.5 Å². The minimum Gasteiger partial charge on any atom is -0.503 e. The van der Waals surface area contributed by atoms with Gasteiger partial charge in [0.1, 0.15) is 5.69 Å². The molecule has 5 aromatic rings. The molecular formula is C22H15NO5. The number of aromatic hydroxyl groups is 5. The number of para-hydroxylation sites is 1. The molecule has 0 aliphatic carbocycles. The lowest BCUT2D eigenvalue weighted by atomic mass is 10.1. The fourth-order valence-electron chi connectivity index (χ4n) is 3.85. The van der Waals surface area contributed by atoms with Crippen LogP contribution in [0, 0.1) is 0 Å². The number of phenols is 5. The zero-order chi connectivity index (χ0) is 19.6. The average molecular weight is 373 g/mol. The van der Waals surface area contributed by atoms with Crippen molar-refractivity contribution in [3.8, 4) is 34.4 Å². The van der Waals surface area contributed by atoms with Gasteiger partial charge in [-0.2, -0.15) is 0 Å². The first-order chi connectivity index (χ1) is 13.5. The van der Waals surface area contributed by atoms with Crippen molar-refractivity contribution in [1.29, 1.82) is 0 Å². The molecule has 0 radical (unpaired) electrons. The van der Waals surface area contributed by atoms with E-state index in [0.29, 0.717) is 11.0 Å². The molecule has 6 nitrogen and oxygen atoms in total. The van der Waals surface area contributed by atoms with Crippen LogP contribution in [0.25, 0.3) is 38.3 Å². The quantitative estimate of drug-likeness (QED) is 0.220. The summed E-state index contributed by atoms with van der Waals surface area (Å²) in [6, 6.07) is 19.0. The molecule has 1 aromatic heterocycles. The molecule has 1 heterocycles. The van der Waals surface area contributed by atoms with Gasteiger partial charge in [0, 0.05) is 16.2 Å². The summed E-state index contributed by atoms with van der Waals surface area (Å²) in [6.45, 7) is 0. The number of hydrogen-bond donors (Lipinski definition) is 5. The monoisotopic (exact) mass is 373 g/mol. The van der Waals surface area contributed by atoms with Gasteiger partial charge < -0.3 is 30.1 Å². The molecular weight excluding hydrogens is 358 g/mol. The van der Waals surface area contributed by atoms with Gasteiger partial charge in [-0.1, -0.05) is 54.6 Å². The Morgan fingerprint density at radius 3 is 1.79 bits per heavy atom. The van der Waals surface area contributed by atoms with Crippen molar-refractivity contribution >= 4 is 32.6 Å². The highest BCUT2D eigenvalue weighted by Crippen LogP contribution is 2.54. The van der Waals surface area contributed by atoms with Gasteiger partial charge in [0.25, 0.3) is 0 Å². The molecule has 0 atom stereocenters. The number of rotatable bonds is 1. The second-order valence-electron chi connectivity index (χ2n) is 6.63. The lowest BCUT2D eigenvalue weighted by Gasteiger charge is -2.16. The number of nitrogens with zero attached hydrogens (tertiary/aromatic N) is 1. The van der Waals surface area contributed by atoms with E-state index in [-0.39, 0.29) is 5.69 Å². The van der Waals surface area contributed by atoms with Crippen molar-refractivity contribution in [2.24, 2.45) is 0 Å². The van der Waals surface area contributed by atoms with Crippen molar-refractivity contribution in [3.63, 3.8) is 0 Å². The Bertz CT molecular complexity index is 1390. The first-order valence-electron chi connectivity index (χ1n) is 8.60. The van der Waals surface area contributed by atoms with Crippen LogP contribution in [0.15, 0.2) is 60.7 Å². The first kappa shape index (κ1) is 16.1. The van der Waals surface area contributed by atoms with Crippen LogP contribution < -0.4 is 0 Å². The van der Waals surface area contributed by atoms with Crippen LogP contribution >= 0.6 is 0 Å². The fraction of sp³-hybridized carbons (Fsp3) is 0. The second kappa shape index (κ2) is 5.47. The number of phenolic OH excluding ortho intramolecular Hbond substituents is 5. The Kier molecular flexibility index (Phi) is 3.15. The maximum absolute atomic E-state index is 10.5. The van der Waals surface area contributed by atoms with Gasteiger partial charge in [-0.05, 0) is 11.5 Å². The molecule has 0 aliphatic rings. The molecule has 6 heteroatoms. The Morgan fingerprint density at radius 2 is 1.07 bits per heavy atom. The number of hydrogen-bond acceptors (Lipinski definition) is 5. The predicted molar refractivity (Wildman–Crippen MR) is 107 cm³/mol. The molecule has 28 heavy (non-hydrogen) atoms. The van der Waals surface area contributed by atoms with E-state index in [9.17, 15) is 25.5 Å². The molecule has 0 bridgehead atoms. The summed E-state index contributed by atoms with van der Waals surface area (Å²) >= 11 is 0. The van der Waals surface area contributed by atoms with Gasteiger partial charge in [-0.3, -0.25) is 0 Å². The Labute approximate surface area is 158 Å². The van der Waals surface area contributed by atoms with Crippen molar-refractivity contribution in [2.45, 2.75) is 0 Å². The van der Waals surface area contributed by atoms with E-state index in [1.165, 1.54) is 0 Å². The third-order valence-electron chi connectivity index (χ3n) is 5.13. The van der Waals surface area contributed by atoms with Gasteiger partial charge in [-0.25, -0.2) is 0 Å². The molecule has 138 valence electrons. The molecule has 0 saturated carbocycles. The van der Waals surface area contributed by atoms with E-state index in [1.54, 1.807) is 4.57 Å². The summed E-state index contributed by atoms with van der Waals surface area (Å²) < 4.78 is 1.58. The van der Waals surface area contributed by atoms with E-state index in [0.717, 1.165) is 21.5 Å². The van der Waals surface area contributed by atoms with Gasteiger partial charge >= 0.3 is 0 Å². The lowest BCUT2D eigenvalue weighted by molar-refractivity contribution is 0.327. The third-order valence-corrected chi connectivity index (χ3v) is 5.13. The topological polar surface area (TPSA) is 106 Å². The van der Waals surface area contributed by atoms with Crippen LogP contribution in [-0.2, 0) is 0 Å². The Morgan fingerprint density at radius 1 is 0.500 bits per heavy atom. The number of benzene rings is 4. The minimum atomic E-state index is -0.982. The summed E-state index contributed by atoms with van der Waals surface area (Å²) in [5, 5.41) is 54.5. The second-order valence-corrected chi connectivity index (χ2v) is 6.63. The highest BCUT2D eigenvalue weighted by atomic mass is 16.4. The van der Waals surface area contributed by atoms with Crippen LogP contribution in [-0.4, -0.2) is 30.1 Å². The van der Waals surface area contributed by atoms with Crippen LogP contribution in [0.3, 0.4) is 0 Å². The highest BCUT2D eigenvalue weighted by molar-refractivity contribution is 6.18. The van der Waals surface area contributed by atoms with Crippen molar-refractivity contribution in [1.82, 2.24) is 4.57 Å². The smallest absolute Gasteiger partial charge is 0.208 e. The van der Waals surface area contributed by atoms with Crippen molar-refractivity contribution in [2.75, 3.05) is 0 Å². The molecule has 5 N–H and O–H groups in total. The van der Waals surface area contributed by atoms with Gasteiger partial charge in [-0.15, -0.1) is 0 Å². The van der Waals surface area contributed by atoms with Gasteiger partial charge in [0.15, 0.2) is 11.5 Å². The molecule has 0 amide bonds. The summed E-state index contributed by atoms with van der Waals surface area (Å²) in [5.74, 6) is -4.26. The molecule has 0 fully saturated rings. The average Bonchev–Trinajstić information content (AvgIpc) is 3.06. The zero-order valence-corrected chi connectivity index (χ0v) is 14.5. The van der Waals surface area contributed by atoms with E-state index in [2.05, 4.69) is 0 Å². The van der Waals surface area contributed by atoms with E-state index < -0.39 is 28.7 Å². The Hall–Kier alpha value is -4.06. The molecule has 0 saturated heterocycles. The first-order valence-corrected chi connectivity index (χ1v) is 8.60. The normalized spacial score (nSPS) is 11.6. The summed E-state index contributed by atoms with van der Waals surface area (Å²) in [6.07, 6.45) is 0. The third kappa shape index (κ3) is 1.91. The molecule has 0 spiro atoms. The summed E-state index contributed by atoms with van der Waals surface area (Å²) in [4.78, 5) is 0. The molecule has 4 aromatic carbocycles. The van der Waals surface area contributed by atoms with Crippen LogP contribution in [0.4, 0.5) is 0 Å². The highest BCUT2D eigenvalue weighted by Gasteiger charge is 2.27. The van der Waals surface area contributed by atoms with Crippen molar-refractivity contribution in [3.05, 3.63) is 60.7 Å². The Balaban J connectivity index is 2.11. The molecule has 0 aliphatic heterocycles. The van der Waals surface area contributed by atoms with Crippen LogP contribution in [0.5, 0.6) is 28.7 Å². The minimum absolute atomic E-state index is 0.213. The fourth-order valence-corrected chi connectivity index (χ4v) is 3.85. The number of fused-ring (bicyclic) bond motifs is 5. The standard InChI is InChI=1S/C22H15NO5/c24-18-17(19(25)21(27)22(28)20(18)26)23-15-8-4-3-7-13(15)14-10-9-11-5-1-2-6-12(11)16(14)23/h1-10,24-28H.